The van der Waals surface area contributed by atoms with Gasteiger partial charge in [0.15, 0.2) is 0 Å². The summed E-state index contributed by atoms with van der Waals surface area (Å²) in [6.45, 7) is 7.93. The number of hydroxylamine groups is 1. The Morgan fingerprint density at radius 1 is 1.18 bits per heavy atom. The Bertz CT molecular complexity index is 1200. The van der Waals surface area contributed by atoms with Gasteiger partial charge in [0.2, 0.25) is 0 Å². The molecule has 0 fully saturated rings. The molecule has 0 aliphatic carbocycles. The molecule has 7 heteroatoms. The predicted octanol–water partition coefficient (Wildman–Crippen LogP) is 4.43. The molecule has 3 aromatic rings. The summed E-state index contributed by atoms with van der Waals surface area (Å²) in [5, 5.41) is 1.09. The van der Waals surface area contributed by atoms with E-state index < -0.39 is 17.7 Å². The number of esters is 1. The minimum atomic E-state index is -0.542. The van der Waals surface area contributed by atoms with E-state index in [4.69, 9.17) is 20.0 Å². The van der Waals surface area contributed by atoms with Gasteiger partial charge in [-0.15, -0.1) is 0 Å². The van der Waals surface area contributed by atoms with Crippen LogP contribution in [0.1, 0.15) is 44.0 Å². The molecule has 2 unspecified atom stereocenters. The maximum absolute atomic E-state index is 12.1. The lowest BCUT2D eigenvalue weighted by molar-refractivity contribution is -0.156. The van der Waals surface area contributed by atoms with Gasteiger partial charge in [0, 0.05) is 22.7 Å². The zero-order valence-electron chi connectivity index (χ0n) is 20.0. The fourth-order valence-electron chi connectivity index (χ4n) is 3.83. The summed E-state index contributed by atoms with van der Waals surface area (Å²) in [7, 11) is 0. The number of hydrogen-bond donors (Lipinski definition) is 2. The Hall–Kier alpha value is -3.42. The second-order valence-corrected chi connectivity index (χ2v) is 9.47. The minimum absolute atomic E-state index is 0.0728. The highest BCUT2D eigenvalue weighted by molar-refractivity contribution is 5.82. The molecule has 4 rings (SSSR count). The van der Waals surface area contributed by atoms with Crippen LogP contribution in [0.25, 0.3) is 16.6 Å². The zero-order chi connectivity index (χ0) is 24.3. The number of carbonyl (C=O) groups is 1. The molecule has 2 aromatic carbocycles. The maximum atomic E-state index is 12.1. The number of aryl methyl sites for hydroxylation is 1. The van der Waals surface area contributed by atoms with E-state index in [0.29, 0.717) is 6.61 Å². The van der Waals surface area contributed by atoms with Gasteiger partial charge in [-0.25, -0.2) is 0 Å². The summed E-state index contributed by atoms with van der Waals surface area (Å²) in [6, 6.07) is 17.4. The van der Waals surface area contributed by atoms with Gasteiger partial charge in [0.25, 0.3) is 0 Å². The Morgan fingerprint density at radius 3 is 2.65 bits per heavy atom. The van der Waals surface area contributed by atoms with E-state index in [2.05, 4.69) is 22.6 Å². The van der Waals surface area contributed by atoms with Crippen LogP contribution in [-0.2, 0) is 21.0 Å². The van der Waals surface area contributed by atoms with E-state index in [1.54, 1.807) is 0 Å². The minimum Gasteiger partial charge on any atom is -0.489 e. The first kappa shape index (κ1) is 23.7. The molecule has 2 heterocycles. The fraction of sp³-hybridized carbons (Fsp3) is 0.333. The second-order valence-electron chi connectivity index (χ2n) is 9.47. The summed E-state index contributed by atoms with van der Waals surface area (Å²) < 4.78 is 11.4. The van der Waals surface area contributed by atoms with Gasteiger partial charge >= 0.3 is 5.97 Å². The summed E-state index contributed by atoms with van der Waals surface area (Å²) >= 11 is 0. The number of ether oxygens (including phenoxy) is 2. The molecule has 34 heavy (non-hydrogen) atoms. The number of nitrogens with two attached hydrogens (primary N) is 1. The average Bonchev–Trinajstić information content (AvgIpc) is 3.27. The van der Waals surface area contributed by atoms with Crippen molar-refractivity contribution in [1.29, 1.82) is 0 Å². The van der Waals surface area contributed by atoms with Crippen LogP contribution in [0.5, 0.6) is 5.75 Å². The van der Waals surface area contributed by atoms with Gasteiger partial charge in [0.1, 0.15) is 24.1 Å². The van der Waals surface area contributed by atoms with Crippen LogP contribution < -0.4 is 16.0 Å². The van der Waals surface area contributed by atoms with Crippen LogP contribution in [0.3, 0.4) is 0 Å². The Morgan fingerprint density at radius 2 is 1.91 bits per heavy atom. The molecule has 0 bridgehead atoms. The fourth-order valence-corrected chi connectivity index (χ4v) is 3.83. The van der Waals surface area contributed by atoms with Crippen LogP contribution in [-0.4, -0.2) is 28.7 Å². The van der Waals surface area contributed by atoms with Crippen molar-refractivity contribution in [2.45, 2.75) is 58.5 Å². The molecule has 3 N–H and O–H groups in total. The van der Waals surface area contributed by atoms with Gasteiger partial charge in [-0.2, -0.15) is 0 Å². The number of pyridine rings is 1. The molecule has 0 saturated heterocycles. The Balaban J connectivity index is 1.37. The summed E-state index contributed by atoms with van der Waals surface area (Å²) in [5.74, 6) is 0.420. The molecular formula is C27H31N3O4. The standard InChI is InChI=1S/C27H31N3O4/c1-17-13-19(21-7-5-6-8-23(21)29-17)16-32-20-11-9-18(10-12-20)24-15-25(34-30-24)22(28)14-26(31)33-27(2,3)4/h5-13,15,22,25,30H,14,16,28H2,1-4H3. The molecule has 1 aliphatic heterocycles. The van der Waals surface area contributed by atoms with Crippen molar-refractivity contribution in [1.82, 2.24) is 10.5 Å². The molecular weight excluding hydrogens is 430 g/mol. The van der Waals surface area contributed by atoms with E-state index in [-0.39, 0.29) is 12.4 Å². The van der Waals surface area contributed by atoms with Crippen LogP contribution >= 0.6 is 0 Å². The van der Waals surface area contributed by atoms with E-state index in [1.165, 1.54) is 0 Å². The molecule has 1 aliphatic rings. The van der Waals surface area contributed by atoms with E-state index in [0.717, 1.165) is 39.2 Å². The lowest BCUT2D eigenvalue weighted by Gasteiger charge is -2.22. The van der Waals surface area contributed by atoms with Crippen molar-refractivity contribution in [2.75, 3.05) is 0 Å². The zero-order valence-corrected chi connectivity index (χ0v) is 20.0. The van der Waals surface area contributed by atoms with E-state index in [9.17, 15) is 4.79 Å². The number of aromatic nitrogens is 1. The number of fused-ring (bicyclic) bond motifs is 1. The molecule has 0 radical (unpaired) electrons. The van der Waals surface area contributed by atoms with Crippen LogP contribution in [0.15, 0.2) is 60.7 Å². The second kappa shape index (κ2) is 9.83. The van der Waals surface area contributed by atoms with Gasteiger partial charge < -0.3 is 15.2 Å². The van der Waals surface area contributed by atoms with Gasteiger partial charge in [-0.1, -0.05) is 18.2 Å². The van der Waals surface area contributed by atoms with Crippen molar-refractivity contribution in [3.05, 3.63) is 77.5 Å². The van der Waals surface area contributed by atoms with Gasteiger partial charge in [-0.3, -0.25) is 20.1 Å². The summed E-state index contributed by atoms with van der Waals surface area (Å²) in [6.07, 6.45) is 1.53. The summed E-state index contributed by atoms with van der Waals surface area (Å²) in [4.78, 5) is 22.2. The molecule has 178 valence electrons. The maximum Gasteiger partial charge on any atom is 0.307 e. The monoisotopic (exact) mass is 461 g/mol. The van der Waals surface area contributed by atoms with Crippen molar-refractivity contribution in [3.63, 3.8) is 0 Å². The molecule has 1 aromatic heterocycles. The highest BCUT2D eigenvalue weighted by Gasteiger charge is 2.27. The van der Waals surface area contributed by atoms with Crippen LogP contribution in [0.2, 0.25) is 0 Å². The normalized spacial score (nSPS) is 16.6. The Labute approximate surface area is 199 Å². The lowest BCUT2D eigenvalue weighted by Crippen LogP contribution is -2.38. The third-order valence-electron chi connectivity index (χ3n) is 5.37. The van der Waals surface area contributed by atoms with Gasteiger partial charge in [0.05, 0.1) is 17.6 Å². The van der Waals surface area contributed by atoms with Gasteiger partial charge in [-0.05, 0) is 75.7 Å². The van der Waals surface area contributed by atoms with Crippen molar-refractivity contribution in [2.24, 2.45) is 5.73 Å². The SMILES string of the molecule is Cc1cc(COc2ccc(C3=CC(C(N)CC(=O)OC(C)(C)C)ON3)cc2)c2ccccc2n1. The molecule has 0 spiro atoms. The van der Waals surface area contributed by atoms with E-state index in [1.807, 2.05) is 76.2 Å². The van der Waals surface area contributed by atoms with Crippen molar-refractivity contribution >= 4 is 22.6 Å². The third kappa shape index (κ3) is 5.92. The quantitative estimate of drug-likeness (QED) is 0.503. The highest BCUT2D eigenvalue weighted by atomic mass is 16.7. The smallest absolute Gasteiger partial charge is 0.307 e. The lowest BCUT2D eigenvalue weighted by atomic mass is 10.1. The molecule has 7 nitrogen and oxygen atoms in total. The molecule has 0 saturated carbocycles. The van der Waals surface area contributed by atoms with E-state index >= 15 is 0 Å². The number of benzene rings is 2. The van der Waals surface area contributed by atoms with Crippen molar-refractivity contribution in [3.8, 4) is 5.75 Å². The average molecular weight is 462 g/mol. The van der Waals surface area contributed by atoms with Crippen molar-refractivity contribution < 1.29 is 19.1 Å². The summed E-state index contributed by atoms with van der Waals surface area (Å²) in [5.41, 5.74) is 13.3. The number of rotatable bonds is 7. The number of nitrogens with zero attached hydrogens (tertiary/aromatic N) is 1. The first-order valence-corrected chi connectivity index (χ1v) is 11.4. The van der Waals surface area contributed by atoms with Crippen LogP contribution in [0.4, 0.5) is 0 Å². The number of hydrogen-bond acceptors (Lipinski definition) is 7. The highest BCUT2D eigenvalue weighted by Crippen LogP contribution is 2.25. The molecule has 2 atom stereocenters. The molecule has 0 amide bonds. The predicted molar refractivity (Wildman–Crippen MR) is 132 cm³/mol. The largest absolute Gasteiger partial charge is 0.489 e. The number of carbonyl (C=O) groups excluding carboxylic acids is 1. The third-order valence-corrected chi connectivity index (χ3v) is 5.37. The first-order chi connectivity index (χ1) is 16.2. The number of para-hydroxylation sites is 1. The first-order valence-electron chi connectivity index (χ1n) is 11.4. The van der Waals surface area contributed by atoms with Crippen LogP contribution in [0, 0.1) is 6.92 Å². The topological polar surface area (TPSA) is 95.7 Å². The Kier molecular flexibility index (Phi) is 6.86. The number of nitrogens with one attached hydrogen (secondary N) is 1.